The fraction of sp³-hybridized carbons (Fsp3) is 0. The first-order chi connectivity index (χ1) is 27.8. The Hall–Kier alpha value is -7.49. The van der Waals surface area contributed by atoms with Crippen LogP contribution in [0, 0.1) is 0 Å². The van der Waals surface area contributed by atoms with Gasteiger partial charge in [0, 0.05) is 56.4 Å². The van der Waals surface area contributed by atoms with Crippen molar-refractivity contribution in [3.8, 4) is 55.9 Å². The number of para-hydroxylation sites is 4. The molecule has 56 heavy (non-hydrogen) atoms. The van der Waals surface area contributed by atoms with Crippen LogP contribution < -0.4 is 0 Å². The monoisotopic (exact) mass is 713 g/mol. The Morgan fingerprint density at radius 3 is 0.804 bits per heavy atom. The van der Waals surface area contributed by atoms with E-state index < -0.39 is 0 Å². The molecule has 0 N–H and O–H groups in total. The molecule has 0 saturated heterocycles. The van der Waals surface area contributed by atoms with Crippen LogP contribution >= 0.6 is 0 Å². The van der Waals surface area contributed by atoms with Crippen molar-refractivity contribution in [2.75, 3.05) is 0 Å². The molecule has 0 radical (unpaired) electrons. The lowest BCUT2D eigenvalue weighted by Crippen LogP contribution is -1.93. The smallest absolute Gasteiger partial charge is 0.0541 e. The van der Waals surface area contributed by atoms with Crippen LogP contribution in [0.15, 0.2) is 213 Å². The van der Waals surface area contributed by atoms with E-state index in [9.17, 15) is 0 Å². The molecule has 0 bridgehead atoms. The maximum Gasteiger partial charge on any atom is 0.0541 e. The van der Waals surface area contributed by atoms with E-state index in [4.69, 9.17) is 0 Å². The lowest BCUT2D eigenvalue weighted by atomic mass is 9.97. The molecule has 8 aromatic carbocycles. The Balaban J connectivity index is 0.825. The van der Waals surface area contributed by atoms with Gasteiger partial charge in [-0.25, -0.2) is 0 Å². The van der Waals surface area contributed by atoms with E-state index in [-0.39, 0.29) is 0 Å². The molecule has 11 aromatic rings. The zero-order valence-electron chi connectivity index (χ0n) is 30.5. The molecule has 3 heterocycles. The van der Waals surface area contributed by atoms with Gasteiger partial charge in [-0.1, -0.05) is 146 Å². The topological polar surface area (TPSA) is 22.8 Å². The zero-order chi connectivity index (χ0) is 37.0. The Morgan fingerprint density at radius 1 is 0.250 bits per heavy atom. The molecule has 0 fully saturated rings. The second kappa shape index (κ2) is 13.1. The maximum absolute atomic E-state index is 4.65. The molecule has 3 nitrogen and oxygen atoms in total. The molecule has 0 spiro atoms. The van der Waals surface area contributed by atoms with Crippen LogP contribution in [0.1, 0.15) is 0 Å². The van der Waals surface area contributed by atoms with Gasteiger partial charge in [0.05, 0.1) is 22.1 Å². The van der Waals surface area contributed by atoms with Crippen LogP contribution in [-0.4, -0.2) is 14.1 Å². The van der Waals surface area contributed by atoms with E-state index in [0.717, 1.165) is 33.6 Å². The Morgan fingerprint density at radius 2 is 0.500 bits per heavy atom. The van der Waals surface area contributed by atoms with E-state index >= 15 is 0 Å². The second-order valence-corrected chi connectivity index (χ2v) is 14.5. The number of hydrogen-bond donors (Lipinski definition) is 0. The highest BCUT2D eigenvalue weighted by Gasteiger charge is 2.13. The van der Waals surface area contributed by atoms with Crippen molar-refractivity contribution >= 4 is 43.6 Å². The molecule has 262 valence electrons. The minimum Gasteiger partial charge on any atom is -0.309 e. The summed E-state index contributed by atoms with van der Waals surface area (Å²) >= 11 is 0. The SMILES string of the molecule is c1ccc2c(c1)c1ccccc1n2-c1ccc(-c2ccc(-c3cncc(-c4ccc(-c5ccc(-n6c7ccccc7c7ccccc76)cc5)cc4)c3)cc2)cc1. The molecular weight excluding hydrogens is 679 g/mol. The summed E-state index contributed by atoms with van der Waals surface area (Å²) in [6.07, 6.45) is 3.90. The maximum atomic E-state index is 4.65. The molecule has 0 unspecified atom stereocenters. The quantitative estimate of drug-likeness (QED) is 0.168. The molecule has 11 rings (SSSR count). The predicted molar refractivity (Wildman–Crippen MR) is 235 cm³/mol. The van der Waals surface area contributed by atoms with E-state index in [1.54, 1.807) is 0 Å². The summed E-state index contributed by atoms with van der Waals surface area (Å²) in [6.45, 7) is 0. The van der Waals surface area contributed by atoms with Gasteiger partial charge in [-0.15, -0.1) is 0 Å². The molecule has 0 aliphatic carbocycles. The molecule has 0 aliphatic rings. The number of hydrogen-bond acceptors (Lipinski definition) is 1. The molecule has 3 heteroatoms. The second-order valence-electron chi connectivity index (χ2n) is 14.5. The van der Waals surface area contributed by atoms with E-state index in [2.05, 4.69) is 214 Å². The third-order valence-electron chi connectivity index (χ3n) is 11.3. The number of pyridine rings is 1. The average molecular weight is 714 g/mol. The van der Waals surface area contributed by atoms with Crippen molar-refractivity contribution in [3.05, 3.63) is 213 Å². The number of nitrogens with zero attached hydrogens (tertiary/aromatic N) is 3. The number of fused-ring (bicyclic) bond motifs is 6. The molecule has 0 amide bonds. The van der Waals surface area contributed by atoms with Crippen LogP contribution in [0.25, 0.3) is 99.5 Å². The van der Waals surface area contributed by atoms with Crippen LogP contribution in [0.2, 0.25) is 0 Å². The highest BCUT2D eigenvalue weighted by atomic mass is 15.0. The van der Waals surface area contributed by atoms with Crippen molar-refractivity contribution in [2.24, 2.45) is 0 Å². The Bertz CT molecular complexity index is 2880. The highest BCUT2D eigenvalue weighted by Crippen LogP contribution is 2.35. The molecule has 0 aliphatic heterocycles. The van der Waals surface area contributed by atoms with Crippen LogP contribution in [-0.2, 0) is 0 Å². The van der Waals surface area contributed by atoms with Gasteiger partial charge < -0.3 is 9.13 Å². The van der Waals surface area contributed by atoms with Crippen molar-refractivity contribution < 1.29 is 0 Å². The van der Waals surface area contributed by atoms with Gasteiger partial charge in [-0.2, -0.15) is 0 Å². The summed E-state index contributed by atoms with van der Waals surface area (Å²) in [5, 5.41) is 5.10. The van der Waals surface area contributed by atoms with Gasteiger partial charge in [0.1, 0.15) is 0 Å². The van der Waals surface area contributed by atoms with Crippen LogP contribution in [0.4, 0.5) is 0 Å². The fourth-order valence-electron chi connectivity index (χ4n) is 8.47. The van der Waals surface area contributed by atoms with E-state index in [1.807, 2.05) is 12.4 Å². The Labute approximate surface area is 325 Å². The third-order valence-corrected chi connectivity index (χ3v) is 11.3. The molecular formula is C53H35N3. The average Bonchev–Trinajstić information content (AvgIpc) is 3.80. The van der Waals surface area contributed by atoms with E-state index in [0.29, 0.717) is 0 Å². The minimum atomic E-state index is 1.10. The zero-order valence-corrected chi connectivity index (χ0v) is 30.5. The summed E-state index contributed by atoms with van der Waals surface area (Å²) in [6, 6.07) is 72.2. The number of aromatic nitrogens is 3. The fourth-order valence-corrected chi connectivity index (χ4v) is 8.47. The summed E-state index contributed by atoms with van der Waals surface area (Å²) in [4.78, 5) is 4.65. The minimum absolute atomic E-state index is 1.10. The number of rotatable bonds is 6. The number of benzene rings is 8. The van der Waals surface area contributed by atoms with Gasteiger partial charge in [0.2, 0.25) is 0 Å². The van der Waals surface area contributed by atoms with E-state index in [1.165, 1.54) is 65.9 Å². The van der Waals surface area contributed by atoms with Gasteiger partial charge in [-0.3, -0.25) is 4.98 Å². The Kier molecular flexibility index (Phi) is 7.49. The van der Waals surface area contributed by atoms with Crippen molar-refractivity contribution in [3.63, 3.8) is 0 Å². The molecule has 0 atom stereocenters. The molecule has 3 aromatic heterocycles. The largest absolute Gasteiger partial charge is 0.309 e. The summed E-state index contributed by atoms with van der Waals surface area (Å²) < 4.78 is 4.71. The summed E-state index contributed by atoms with van der Waals surface area (Å²) in [5.41, 5.74) is 16.4. The third kappa shape index (κ3) is 5.32. The van der Waals surface area contributed by atoms with Gasteiger partial charge >= 0.3 is 0 Å². The van der Waals surface area contributed by atoms with Gasteiger partial charge in [0.15, 0.2) is 0 Å². The molecule has 0 saturated carbocycles. The van der Waals surface area contributed by atoms with Gasteiger partial charge in [0.25, 0.3) is 0 Å². The highest BCUT2D eigenvalue weighted by molar-refractivity contribution is 6.10. The lowest BCUT2D eigenvalue weighted by Gasteiger charge is -2.11. The van der Waals surface area contributed by atoms with Crippen LogP contribution in [0.3, 0.4) is 0 Å². The first kappa shape index (κ1) is 32.0. The first-order valence-corrected chi connectivity index (χ1v) is 19.1. The van der Waals surface area contributed by atoms with Gasteiger partial charge in [-0.05, 0) is 88.0 Å². The normalized spacial score (nSPS) is 11.6. The standard InChI is InChI=1S/C53H35N3/c1-5-13-50-46(9-1)47-10-2-6-14-51(47)55(50)44-29-25-38(26-30-44)36-17-21-40(22-18-36)42-33-43(35-54-34-42)41-23-19-37(20-24-41)39-27-31-45(32-28-39)56-52-15-7-3-11-48(52)49-12-4-8-16-53(49)56/h1-35H. The van der Waals surface area contributed by atoms with Crippen LogP contribution in [0.5, 0.6) is 0 Å². The van der Waals surface area contributed by atoms with Crippen molar-refractivity contribution in [1.29, 1.82) is 0 Å². The lowest BCUT2D eigenvalue weighted by molar-refractivity contribution is 1.18. The van der Waals surface area contributed by atoms with Crippen molar-refractivity contribution in [1.82, 2.24) is 14.1 Å². The first-order valence-electron chi connectivity index (χ1n) is 19.1. The van der Waals surface area contributed by atoms with Crippen molar-refractivity contribution in [2.45, 2.75) is 0 Å². The summed E-state index contributed by atoms with van der Waals surface area (Å²) in [5.74, 6) is 0. The summed E-state index contributed by atoms with van der Waals surface area (Å²) in [7, 11) is 0. The predicted octanol–water partition coefficient (Wildman–Crippen LogP) is 13.9.